The topological polar surface area (TPSA) is 119 Å². The monoisotopic (exact) mass is 266 g/mol. The third-order valence-electron chi connectivity index (χ3n) is 2.38. The molecule has 7 nitrogen and oxygen atoms in total. The smallest absolute Gasteiger partial charge is 0.250 e. The number of amides is 2. The van der Waals surface area contributed by atoms with Crippen molar-refractivity contribution in [1.82, 2.24) is 5.32 Å². The Morgan fingerprint density at radius 2 is 2.11 bits per heavy atom. The average Bonchev–Trinajstić information content (AvgIpc) is 2.37. The Morgan fingerprint density at radius 3 is 2.74 bits per heavy atom. The van der Waals surface area contributed by atoms with Crippen LogP contribution < -0.4 is 22.1 Å². The number of carbonyl (C=O) groups is 2. The fourth-order valence-electron chi connectivity index (χ4n) is 1.45. The molecule has 0 unspecified atom stereocenters. The molecular formula is C12H18N4O3. The summed E-state index contributed by atoms with van der Waals surface area (Å²) in [5.41, 5.74) is 12.0. The molecule has 1 rings (SSSR count). The number of anilines is 2. The molecule has 6 N–H and O–H groups in total. The van der Waals surface area contributed by atoms with Crippen molar-refractivity contribution in [2.45, 2.75) is 0 Å². The van der Waals surface area contributed by atoms with Crippen LogP contribution in [-0.4, -0.2) is 38.6 Å². The molecule has 104 valence electrons. The molecule has 0 aromatic heterocycles. The molecule has 0 aliphatic rings. The summed E-state index contributed by atoms with van der Waals surface area (Å²) < 4.78 is 4.81. The SMILES string of the molecule is COCCNC(=O)CNc1ccc(N)cc1C(N)=O. The lowest BCUT2D eigenvalue weighted by Gasteiger charge is -2.11. The summed E-state index contributed by atoms with van der Waals surface area (Å²) in [6.07, 6.45) is 0. The molecule has 1 aromatic rings. The van der Waals surface area contributed by atoms with Gasteiger partial charge in [0.05, 0.1) is 18.7 Å². The fourth-order valence-corrected chi connectivity index (χ4v) is 1.45. The van der Waals surface area contributed by atoms with Gasteiger partial charge in [0.1, 0.15) is 0 Å². The van der Waals surface area contributed by atoms with E-state index in [0.29, 0.717) is 24.5 Å². The summed E-state index contributed by atoms with van der Waals surface area (Å²) in [6, 6.07) is 4.70. The standard InChI is InChI=1S/C12H18N4O3/c1-19-5-4-15-11(17)7-16-10-3-2-8(13)6-9(10)12(14)18/h2-3,6,16H,4-5,7,13H2,1H3,(H2,14,18)(H,15,17). The molecule has 0 aliphatic heterocycles. The summed E-state index contributed by atoms with van der Waals surface area (Å²) in [6.45, 7) is 0.912. The Morgan fingerprint density at radius 1 is 1.37 bits per heavy atom. The number of primary amides is 1. The van der Waals surface area contributed by atoms with Gasteiger partial charge in [0.15, 0.2) is 0 Å². The van der Waals surface area contributed by atoms with E-state index < -0.39 is 5.91 Å². The number of rotatable bonds is 7. The Balaban J connectivity index is 2.57. The van der Waals surface area contributed by atoms with Crippen LogP contribution >= 0.6 is 0 Å². The van der Waals surface area contributed by atoms with E-state index >= 15 is 0 Å². The Labute approximate surface area is 111 Å². The van der Waals surface area contributed by atoms with Gasteiger partial charge in [-0.15, -0.1) is 0 Å². The van der Waals surface area contributed by atoms with Gasteiger partial charge in [0, 0.05) is 25.0 Å². The summed E-state index contributed by atoms with van der Waals surface area (Å²) in [4.78, 5) is 22.7. The third kappa shape index (κ3) is 4.84. The number of nitrogen functional groups attached to an aromatic ring is 1. The maximum Gasteiger partial charge on any atom is 0.250 e. The van der Waals surface area contributed by atoms with E-state index in [1.807, 2.05) is 0 Å². The molecular weight excluding hydrogens is 248 g/mol. The minimum Gasteiger partial charge on any atom is -0.399 e. The highest BCUT2D eigenvalue weighted by molar-refractivity contribution is 5.99. The van der Waals surface area contributed by atoms with Crippen molar-refractivity contribution in [3.05, 3.63) is 23.8 Å². The molecule has 0 aliphatic carbocycles. The molecule has 0 bridgehead atoms. The van der Waals surface area contributed by atoms with Crippen molar-refractivity contribution in [3.63, 3.8) is 0 Å². The molecule has 0 spiro atoms. The second kappa shape index (κ2) is 7.22. The lowest BCUT2D eigenvalue weighted by atomic mass is 10.1. The minimum atomic E-state index is -0.602. The summed E-state index contributed by atoms with van der Waals surface area (Å²) >= 11 is 0. The lowest BCUT2D eigenvalue weighted by molar-refractivity contribution is -0.119. The molecule has 0 heterocycles. The van der Waals surface area contributed by atoms with Crippen molar-refractivity contribution >= 4 is 23.2 Å². The Bertz CT molecular complexity index is 462. The van der Waals surface area contributed by atoms with Gasteiger partial charge >= 0.3 is 0 Å². The van der Waals surface area contributed by atoms with Gasteiger partial charge in [0.2, 0.25) is 5.91 Å². The Hall–Kier alpha value is -2.28. The van der Waals surface area contributed by atoms with Crippen LogP contribution in [0.5, 0.6) is 0 Å². The first kappa shape index (κ1) is 14.8. The number of nitrogens with one attached hydrogen (secondary N) is 2. The van der Waals surface area contributed by atoms with Crippen LogP contribution in [0.1, 0.15) is 10.4 Å². The van der Waals surface area contributed by atoms with Gasteiger partial charge in [-0.2, -0.15) is 0 Å². The van der Waals surface area contributed by atoms with Gasteiger partial charge in [-0.3, -0.25) is 9.59 Å². The van der Waals surface area contributed by atoms with Crippen LogP contribution in [0, 0.1) is 0 Å². The molecule has 0 saturated heterocycles. The lowest BCUT2D eigenvalue weighted by Crippen LogP contribution is -2.32. The predicted octanol–water partition coefficient (Wildman–Crippen LogP) is -0.458. The van der Waals surface area contributed by atoms with Crippen LogP contribution in [0.25, 0.3) is 0 Å². The van der Waals surface area contributed by atoms with E-state index in [1.54, 1.807) is 19.2 Å². The highest BCUT2D eigenvalue weighted by Crippen LogP contribution is 2.17. The first-order valence-corrected chi connectivity index (χ1v) is 5.73. The molecule has 1 aromatic carbocycles. The highest BCUT2D eigenvalue weighted by Gasteiger charge is 2.09. The maximum atomic E-state index is 11.5. The maximum absolute atomic E-state index is 11.5. The zero-order chi connectivity index (χ0) is 14.3. The summed E-state index contributed by atoms with van der Waals surface area (Å²) in [5, 5.41) is 5.49. The molecule has 0 saturated carbocycles. The van der Waals surface area contributed by atoms with E-state index in [-0.39, 0.29) is 18.0 Å². The van der Waals surface area contributed by atoms with Crippen LogP contribution in [0.4, 0.5) is 11.4 Å². The second-order valence-electron chi connectivity index (χ2n) is 3.87. The van der Waals surface area contributed by atoms with E-state index in [4.69, 9.17) is 16.2 Å². The summed E-state index contributed by atoms with van der Waals surface area (Å²) in [7, 11) is 1.55. The zero-order valence-corrected chi connectivity index (χ0v) is 10.7. The number of nitrogens with two attached hydrogens (primary N) is 2. The average molecular weight is 266 g/mol. The van der Waals surface area contributed by atoms with Gasteiger partial charge < -0.3 is 26.8 Å². The third-order valence-corrected chi connectivity index (χ3v) is 2.38. The number of carbonyl (C=O) groups excluding carboxylic acids is 2. The van der Waals surface area contributed by atoms with E-state index in [1.165, 1.54) is 6.07 Å². The predicted molar refractivity (Wildman–Crippen MR) is 72.7 cm³/mol. The number of methoxy groups -OCH3 is 1. The quantitative estimate of drug-likeness (QED) is 0.393. The number of hydrogen-bond acceptors (Lipinski definition) is 5. The minimum absolute atomic E-state index is 0.0356. The normalized spacial score (nSPS) is 9.95. The number of ether oxygens (including phenoxy) is 1. The zero-order valence-electron chi connectivity index (χ0n) is 10.7. The first-order chi connectivity index (χ1) is 9.04. The van der Waals surface area contributed by atoms with E-state index in [9.17, 15) is 9.59 Å². The van der Waals surface area contributed by atoms with Crippen molar-refractivity contribution in [1.29, 1.82) is 0 Å². The fraction of sp³-hybridized carbons (Fsp3) is 0.333. The summed E-state index contributed by atoms with van der Waals surface area (Å²) in [5.74, 6) is -0.807. The molecule has 19 heavy (non-hydrogen) atoms. The number of benzene rings is 1. The van der Waals surface area contributed by atoms with E-state index in [2.05, 4.69) is 10.6 Å². The molecule has 2 amide bonds. The first-order valence-electron chi connectivity index (χ1n) is 5.73. The van der Waals surface area contributed by atoms with Crippen molar-refractivity contribution in [3.8, 4) is 0 Å². The van der Waals surface area contributed by atoms with Gasteiger partial charge in [-0.1, -0.05) is 0 Å². The van der Waals surface area contributed by atoms with Crippen LogP contribution in [0.3, 0.4) is 0 Å². The molecule has 7 heteroatoms. The van der Waals surface area contributed by atoms with Crippen LogP contribution in [-0.2, 0) is 9.53 Å². The largest absolute Gasteiger partial charge is 0.399 e. The van der Waals surface area contributed by atoms with E-state index in [0.717, 1.165) is 0 Å². The molecule has 0 radical (unpaired) electrons. The van der Waals surface area contributed by atoms with Crippen molar-refractivity contribution in [2.24, 2.45) is 5.73 Å². The molecule has 0 fully saturated rings. The van der Waals surface area contributed by atoms with Crippen LogP contribution in [0.15, 0.2) is 18.2 Å². The number of hydrogen-bond donors (Lipinski definition) is 4. The highest BCUT2D eigenvalue weighted by atomic mass is 16.5. The van der Waals surface area contributed by atoms with Gasteiger partial charge in [0.25, 0.3) is 5.91 Å². The van der Waals surface area contributed by atoms with Gasteiger partial charge in [-0.05, 0) is 18.2 Å². The van der Waals surface area contributed by atoms with Gasteiger partial charge in [-0.25, -0.2) is 0 Å². The van der Waals surface area contributed by atoms with Crippen molar-refractivity contribution < 1.29 is 14.3 Å². The van der Waals surface area contributed by atoms with Crippen LogP contribution in [0.2, 0.25) is 0 Å². The second-order valence-corrected chi connectivity index (χ2v) is 3.87. The Kier molecular flexibility index (Phi) is 5.62. The van der Waals surface area contributed by atoms with Crippen molar-refractivity contribution in [2.75, 3.05) is 37.9 Å². The molecule has 0 atom stereocenters.